The monoisotopic (exact) mass is 423 g/mol. The first-order valence-corrected chi connectivity index (χ1v) is 11.1. The van der Waals surface area contributed by atoms with Gasteiger partial charge in [0.1, 0.15) is 0 Å². The fourth-order valence-corrected chi connectivity index (χ4v) is 4.33. The zero-order valence-corrected chi connectivity index (χ0v) is 18.9. The number of carbonyl (C=O) groups excluding carboxylic acids is 2. The number of methoxy groups -OCH3 is 2. The van der Waals surface area contributed by atoms with Crippen LogP contribution in [0.4, 0.5) is 0 Å². The van der Waals surface area contributed by atoms with Gasteiger partial charge in [-0.1, -0.05) is 44.9 Å². The van der Waals surface area contributed by atoms with Crippen LogP contribution < -0.4 is 14.8 Å². The van der Waals surface area contributed by atoms with Crippen molar-refractivity contribution in [2.24, 2.45) is 5.92 Å². The molecule has 166 valence electrons. The van der Waals surface area contributed by atoms with Crippen molar-refractivity contribution in [2.45, 2.75) is 57.9 Å². The lowest BCUT2D eigenvalue weighted by Gasteiger charge is -2.33. The van der Waals surface area contributed by atoms with E-state index in [4.69, 9.17) is 9.47 Å². The third-order valence-electron chi connectivity index (χ3n) is 5.98. The van der Waals surface area contributed by atoms with Gasteiger partial charge in [-0.2, -0.15) is 0 Å². The van der Waals surface area contributed by atoms with Gasteiger partial charge in [0, 0.05) is 29.5 Å². The van der Waals surface area contributed by atoms with E-state index < -0.39 is 0 Å². The van der Waals surface area contributed by atoms with Crippen LogP contribution in [0.1, 0.15) is 78.1 Å². The predicted molar refractivity (Wildman–Crippen MR) is 122 cm³/mol. The number of hydrogen-bond donors (Lipinski definition) is 1. The van der Waals surface area contributed by atoms with Crippen LogP contribution in [-0.2, 0) is 0 Å². The van der Waals surface area contributed by atoms with E-state index in [9.17, 15) is 9.59 Å². The first kappa shape index (κ1) is 22.9. The van der Waals surface area contributed by atoms with Crippen molar-refractivity contribution in [3.05, 3.63) is 59.2 Å². The molecule has 31 heavy (non-hydrogen) atoms. The Labute approximate surface area is 185 Å². The molecule has 0 heterocycles. The van der Waals surface area contributed by atoms with Gasteiger partial charge in [0.2, 0.25) is 0 Å². The molecular formula is C26H33NO4. The standard InChI is InChI=1S/C26H33NO4/c1-17(2)15-23(28)18-9-11-19(12-10-18)26(29)27-22-8-6-5-7-21(22)20-13-14-24(30-3)25(16-20)31-4/h9-14,16-17,21-22H,5-8,15H2,1-4H3,(H,27,29). The van der Waals surface area contributed by atoms with Gasteiger partial charge < -0.3 is 14.8 Å². The van der Waals surface area contributed by atoms with E-state index in [-0.39, 0.29) is 23.7 Å². The van der Waals surface area contributed by atoms with Gasteiger partial charge in [-0.05, 0) is 48.6 Å². The highest BCUT2D eigenvalue weighted by atomic mass is 16.5. The molecule has 5 heteroatoms. The number of ketones is 1. The van der Waals surface area contributed by atoms with Crippen LogP contribution in [0, 0.1) is 5.92 Å². The molecule has 0 bridgehead atoms. The number of benzene rings is 2. The van der Waals surface area contributed by atoms with Crippen LogP contribution in [0.3, 0.4) is 0 Å². The second-order valence-electron chi connectivity index (χ2n) is 8.68. The highest BCUT2D eigenvalue weighted by molar-refractivity contribution is 5.99. The number of carbonyl (C=O) groups is 2. The number of hydrogen-bond acceptors (Lipinski definition) is 4. The minimum Gasteiger partial charge on any atom is -0.493 e. The molecule has 0 radical (unpaired) electrons. The van der Waals surface area contributed by atoms with Crippen molar-refractivity contribution in [2.75, 3.05) is 14.2 Å². The lowest BCUT2D eigenvalue weighted by Crippen LogP contribution is -2.41. The number of ether oxygens (including phenoxy) is 2. The molecule has 1 fully saturated rings. The Hall–Kier alpha value is -2.82. The van der Waals surface area contributed by atoms with E-state index in [1.54, 1.807) is 38.5 Å². The third kappa shape index (κ3) is 5.66. The number of amides is 1. The average molecular weight is 424 g/mol. The SMILES string of the molecule is COc1ccc(C2CCCCC2NC(=O)c2ccc(C(=O)CC(C)C)cc2)cc1OC. The molecule has 1 saturated carbocycles. The lowest BCUT2D eigenvalue weighted by atomic mass is 9.79. The molecule has 1 amide bonds. The summed E-state index contributed by atoms with van der Waals surface area (Å²) in [6.07, 6.45) is 4.70. The highest BCUT2D eigenvalue weighted by Crippen LogP contribution is 2.37. The molecule has 0 aromatic heterocycles. The Kier molecular flexibility index (Phi) is 7.72. The summed E-state index contributed by atoms with van der Waals surface area (Å²) >= 11 is 0. The predicted octanol–water partition coefficient (Wildman–Crippen LogP) is 5.39. The average Bonchev–Trinajstić information content (AvgIpc) is 2.78. The van der Waals surface area contributed by atoms with Gasteiger partial charge in [0.25, 0.3) is 5.91 Å². The Morgan fingerprint density at radius 1 is 0.935 bits per heavy atom. The molecule has 5 nitrogen and oxygen atoms in total. The Balaban J connectivity index is 1.72. The Morgan fingerprint density at radius 3 is 2.23 bits per heavy atom. The topological polar surface area (TPSA) is 64.6 Å². The van der Waals surface area contributed by atoms with Gasteiger partial charge >= 0.3 is 0 Å². The second-order valence-corrected chi connectivity index (χ2v) is 8.68. The minimum absolute atomic E-state index is 0.0570. The summed E-state index contributed by atoms with van der Waals surface area (Å²) in [4.78, 5) is 25.2. The maximum Gasteiger partial charge on any atom is 0.251 e. The first-order valence-electron chi connectivity index (χ1n) is 11.1. The maximum absolute atomic E-state index is 12.9. The van der Waals surface area contributed by atoms with E-state index in [1.165, 1.54) is 0 Å². The Bertz CT molecular complexity index is 904. The normalized spacial score (nSPS) is 18.5. The molecule has 2 aromatic carbocycles. The number of Topliss-reactive ketones (excluding diaryl/α,β-unsaturated/α-hetero) is 1. The fraction of sp³-hybridized carbons (Fsp3) is 0.462. The van der Waals surface area contributed by atoms with Crippen molar-refractivity contribution in [3.63, 3.8) is 0 Å². The molecule has 1 N–H and O–H groups in total. The smallest absolute Gasteiger partial charge is 0.251 e. The van der Waals surface area contributed by atoms with Crippen molar-refractivity contribution in [1.82, 2.24) is 5.32 Å². The molecule has 1 aliphatic rings. The number of nitrogens with one attached hydrogen (secondary N) is 1. The molecular weight excluding hydrogens is 390 g/mol. The summed E-state index contributed by atoms with van der Waals surface area (Å²) < 4.78 is 10.8. The van der Waals surface area contributed by atoms with E-state index in [0.29, 0.717) is 35.0 Å². The molecule has 0 saturated heterocycles. The summed E-state index contributed by atoms with van der Waals surface area (Å²) in [5.41, 5.74) is 2.39. The minimum atomic E-state index is -0.0970. The van der Waals surface area contributed by atoms with Crippen LogP contribution in [0.5, 0.6) is 11.5 Å². The van der Waals surface area contributed by atoms with E-state index in [1.807, 2.05) is 26.0 Å². The summed E-state index contributed by atoms with van der Waals surface area (Å²) in [5.74, 6) is 1.97. The first-order chi connectivity index (χ1) is 14.9. The molecule has 3 rings (SSSR count). The van der Waals surface area contributed by atoms with Gasteiger partial charge in [0.05, 0.1) is 14.2 Å². The van der Waals surface area contributed by atoms with Gasteiger partial charge in [0.15, 0.2) is 17.3 Å². The van der Waals surface area contributed by atoms with Crippen molar-refractivity contribution >= 4 is 11.7 Å². The molecule has 1 aliphatic carbocycles. The van der Waals surface area contributed by atoms with Crippen LogP contribution in [0.15, 0.2) is 42.5 Å². The highest BCUT2D eigenvalue weighted by Gasteiger charge is 2.29. The largest absolute Gasteiger partial charge is 0.493 e. The quantitative estimate of drug-likeness (QED) is 0.578. The van der Waals surface area contributed by atoms with Crippen LogP contribution in [0.25, 0.3) is 0 Å². The molecule has 0 spiro atoms. The van der Waals surface area contributed by atoms with E-state index >= 15 is 0 Å². The van der Waals surface area contributed by atoms with E-state index in [0.717, 1.165) is 31.2 Å². The molecule has 2 unspecified atom stereocenters. The molecule has 0 aliphatic heterocycles. The van der Waals surface area contributed by atoms with Crippen LogP contribution in [-0.4, -0.2) is 32.0 Å². The maximum atomic E-state index is 12.9. The zero-order chi connectivity index (χ0) is 22.4. The van der Waals surface area contributed by atoms with Gasteiger partial charge in [-0.3, -0.25) is 9.59 Å². The van der Waals surface area contributed by atoms with Crippen molar-refractivity contribution in [3.8, 4) is 11.5 Å². The van der Waals surface area contributed by atoms with Crippen molar-refractivity contribution in [1.29, 1.82) is 0 Å². The van der Waals surface area contributed by atoms with Gasteiger partial charge in [-0.25, -0.2) is 0 Å². The zero-order valence-electron chi connectivity index (χ0n) is 18.9. The second kappa shape index (κ2) is 10.5. The van der Waals surface area contributed by atoms with E-state index in [2.05, 4.69) is 11.4 Å². The summed E-state index contributed by atoms with van der Waals surface area (Å²) in [5, 5.41) is 3.23. The molecule has 2 aromatic rings. The van der Waals surface area contributed by atoms with Crippen molar-refractivity contribution < 1.29 is 19.1 Å². The molecule has 2 atom stereocenters. The van der Waals surface area contributed by atoms with Gasteiger partial charge in [-0.15, -0.1) is 0 Å². The summed E-state index contributed by atoms with van der Waals surface area (Å²) in [6.45, 7) is 4.05. The third-order valence-corrected chi connectivity index (χ3v) is 5.98. The Morgan fingerprint density at radius 2 is 1.58 bits per heavy atom. The van der Waals surface area contributed by atoms with Crippen LogP contribution >= 0.6 is 0 Å². The fourth-order valence-electron chi connectivity index (χ4n) is 4.33. The lowest BCUT2D eigenvalue weighted by molar-refractivity contribution is 0.0918. The summed E-state index contributed by atoms with van der Waals surface area (Å²) in [6, 6.07) is 13.1. The number of rotatable bonds is 8. The van der Waals surface area contributed by atoms with Crippen LogP contribution in [0.2, 0.25) is 0 Å². The summed E-state index contributed by atoms with van der Waals surface area (Å²) in [7, 11) is 3.26.